The van der Waals surface area contributed by atoms with Gasteiger partial charge in [0.05, 0.1) is 22.8 Å². The van der Waals surface area contributed by atoms with E-state index in [0.717, 1.165) is 37.8 Å². The van der Waals surface area contributed by atoms with E-state index < -0.39 is 0 Å². The number of hydrogen-bond acceptors (Lipinski definition) is 6. The van der Waals surface area contributed by atoms with Crippen LogP contribution in [0.3, 0.4) is 0 Å². The highest BCUT2D eigenvalue weighted by Crippen LogP contribution is 2.33. The third-order valence-corrected chi connectivity index (χ3v) is 5.01. The Balaban J connectivity index is 1.73. The fraction of sp³-hybridized carbons (Fsp3) is 0.500. The van der Waals surface area contributed by atoms with Gasteiger partial charge in [0.25, 0.3) is 0 Å². The van der Waals surface area contributed by atoms with Crippen molar-refractivity contribution >= 4 is 16.9 Å². The molecule has 4 rings (SSSR count). The highest BCUT2D eigenvalue weighted by molar-refractivity contribution is 5.97. The number of nitrogens with two attached hydrogens (primary N) is 1. The molecule has 1 aliphatic carbocycles. The maximum atomic E-state index is 10.2. The van der Waals surface area contributed by atoms with E-state index in [4.69, 9.17) is 10.7 Å². The number of aromatic hydroxyl groups is 1. The quantitative estimate of drug-likeness (QED) is 0.559. The second-order valence-corrected chi connectivity index (χ2v) is 6.98. The molecule has 2 atom stereocenters. The lowest BCUT2D eigenvalue weighted by Crippen LogP contribution is -2.42. The number of H-pyrrole nitrogens is 1. The van der Waals surface area contributed by atoms with Gasteiger partial charge in [-0.25, -0.2) is 9.97 Å². The lowest BCUT2D eigenvalue weighted by atomic mass is 9.91. The van der Waals surface area contributed by atoms with Crippen LogP contribution in [-0.4, -0.2) is 41.9 Å². The molecule has 3 aromatic rings. The van der Waals surface area contributed by atoms with Gasteiger partial charge in [-0.2, -0.15) is 5.10 Å². The standard InChI is InChI=1S/C18H25N7O/c1-2-7-25-10-11(8-21-25)16-15-14(9-20-17(15)26)23-18(24-16)22-13-6-4-3-5-12(13)19/h8-10,12-13,20,26H,2-7,19H2,1H3,(H,22,23). The van der Waals surface area contributed by atoms with Gasteiger partial charge in [-0.15, -0.1) is 0 Å². The van der Waals surface area contributed by atoms with Gasteiger partial charge in [-0.1, -0.05) is 19.8 Å². The summed E-state index contributed by atoms with van der Waals surface area (Å²) >= 11 is 0. The average Bonchev–Trinajstić information content (AvgIpc) is 3.24. The monoisotopic (exact) mass is 355 g/mol. The van der Waals surface area contributed by atoms with Crippen LogP contribution in [-0.2, 0) is 6.54 Å². The third-order valence-electron chi connectivity index (χ3n) is 5.01. The summed E-state index contributed by atoms with van der Waals surface area (Å²) in [7, 11) is 0. The zero-order chi connectivity index (χ0) is 18.1. The normalized spacial score (nSPS) is 20.5. The number of aromatic nitrogens is 5. The van der Waals surface area contributed by atoms with Gasteiger partial charge in [-0.05, 0) is 19.3 Å². The van der Waals surface area contributed by atoms with Crippen LogP contribution in [0.1, 0.15) is 39.0 Å². The average molecular weight is 355 g/mol. The van der Waals surface area contributed by atoms with E-state index in [1.165, 1.54) is 6.42 Å². The zero-order valence-electron chi connectivity index (χ0n) is 14.9. The first-order valence-corrected chi connectivity index (χ1v) is 9.28. The fourth-order valence-electron chi connectivity index (χ4n) is 3.64. The first kappa shape index (κ1) is 16.8. The van der Waals surface area contributed by atoms with Gasteiger partial charge in [0.15, 0.2) is 5.88 Å². The molecule has 0 bridgehead atoms. The van der Waals surface area contributed by atoms with Crippen molar-refractivity contribution in [3.05, 3.63) is 18.6 Å². The minimum atomic E-state index is 0.0687. The van der Waals surface area contributed by atoms with Crippen molar-refractivity contribution in [2.24, 2.45) is 5.73 Å². The molecular formula is C18H25N7O. The number of aromatic amines is 1. The van der Waals surface area contributed by atoms with Crippen LogP contribution in [0.5, 0.6) is 5.88 Å². The van der Waals surface area contributed by atoms with Crippen LogP contribution < -0.4 is 11.1 Å². The van der Waals surface area contributed by atoms with Crippen molar-refractivity contribution in [3.8, 4) is 17.1 Å². The summed E-state index contributed by atoms with van der Waals surface area (Å²) in [6, 6.07) is 0.280. The minimum Gasteiger partial charge on any atom is -0.494 e. The summed E-state index contributed by atoms with van der Waals surface area (Å²) in [5.74, 6) is 0.608. The number of rotatable bonds is 5. The van der Waals surface area contributed by atoms with Crippen LogP contribution in [0.15, 0.2) is 18.6 Å². The van der Waals surface area contributed by atoms with Crippen molar-refractivity contribution in [3.63, 3.8) is 0 Å². The summed E-state index contributed by atoms with van der Waals surface area (Å²) in [5, 5.41) is 18.6. The molecule has 8 nitrogen and oxygen atoms in total. The first-order chi connectivity index (χ1) is 12.7. The number of fused-ring (bicyclic) bond motifs is 1. The molecule has 5 N–H and O–H groups in total. The molecule has 3 aromatic heterocycles. The lowest BCUT2D eigenvalue weighted by Gasteiger charge is -2.29. The van der Waals surface area contributed by atoms with Crippen LogP contribution in [0.4, 0.5) is 5.95 Å². The Morgan fingerprint density at radius 1 is 1.35 bits per heavy atom. The molecule has 1 saturated carbocycles. The molecule has 3 heterocycles. The third kappa shape index (κ3) is 3.12. The topological polar surface area (TPSA) is 118 Å². The number of anilines is 1. The lowest BCUT2D eigenvalue weighted by molar-refractivity contribution is 0.402. The summed E-state index contributed by atoms with van der Waals surface area (Å²) in [6.45, 7) is 2.95. The Labute approximate surface area is 151 Å². The van der Waals surface area contributed by atoms with Gasteiger partial charge < -0.3 is 21.1 Å². The van der Waals surface area contributed by atoms with Gasteiger partial charge in [0.1, 0.15) is 0 Å². The van der Waals surface area contributed by atoms with E-state index in [0.29, 0.717) is 22.5 Å². The molecule has 1 fully saturated rings. The van der Waals surface area contributed by atoms with Crippen LogP contribution in [0, 0.1) is 0 Å². The van der Waals surface area contributed by atoms with E-state index in [1.807, 2.05) is 10.9 Å². The predicted molar refractivity (Wildman–Crippen MR) is 101 cm³/mol. The molecule has 0 radical (unpaired) electrons. The number of nitrogens with zero attached hydrogens (tertiary/aromatic N) is 4. The Morgan fingerprint density at radius 2 is 2.19 bits per heavy atom. The van der Waals surface area contributed by atoms with E-state index in [1.54, 1.807) is 12.4 Å². The highest BCUT2D eigenvalue weighted by atomic mass is 16.3. The number of hydrogen-bond donors (Lipinski definition) is 4. The maximum Gasteiger partial charge on any atom is 0.224 e. The Kier molecular flexibility index (Phi) is 4.50. The molecule has 0 amide bonds. The van der Waals surface area contributed by atoms with Crippen molar-refractivity contribution in [2.75, 3.05) is 5.32 Å². The molecule has 0 aliphatic heterocycles. The van der Waals surface area contributed by atoms with E-state index >= 15 is 0 Å². The Morgan fingerprint density at radius 3 is 3.00 bits per heavy atom. The molecule has 0 spiro atoms. The van der Waals surface area contributed by atoms with Crippen LogP contribution in [0.25, 0.3) is 22.2 Å². The summed E-state index contributed by atoms with van der Waals surface area (Å²) in [6.07, 6.45) is 10.8. The summed E-state index contributed by atoms with van der Waals surface area (Å²) < 4.78 is 1.89. The highest BCUT2D eigenvalue weighted by Gasteiger charge is 2.23. The van der Waals surface area contributed by atoms with Gasteiger partial charge in [0.2, 0.25) is 5.95 Å². The largest absolute Gasteiger partial charge is 0.494 e. The Hall–Kier alpha value is -2.61. The van der Waals surface area contributed by atoms with Crippen molar-refractivity contribution < 1.29 is 5.11 Å². The summed E-state index contributed by atoms with van der Waals surface area (Å²) in [4.78, 5) is 12.1. The van der Waals surface area contributed by atoms with Crippen LogP contribution >= 0.6 is 0 Å². The van der Waals surface area contributed by atoms with E-state index in [2.05, 4.69) is 27.3 Å². The number of nitrogens with one attached hydrogen (secondary N) is 2. The minimum absolute atomic E-state index is 0.0687. The second kappa shape index (κ2) is 6.95. The molecule has 138 valence electrons. The number of aryl methyl sites for hydroxylation is 1. The molecule has 8 heteroatoms. The molecular weight excluding hydrogens is 330 g/mol. The van der Waals surface area contributed by atoms with Crippen molar-refractivity contribution in [1.29, 1.82) is 0 Å². The van der Waals surface area contributed by atoms with Crippen LogP contribution in [0.2, 0.25) is 0 Å². The summed E-state index contributed by atoms with van der Waals surface area (Å²) in [5.41, 5.74) is 8.45. The van der Waals surface area contributed by atoms with E-state index in [-0.39, 0.29) is 18.0 Å². The SMILES string of the molecule is CCCn1cc(-c2nc(NC3CCCCC3N)nc3c[nH]c(O)c23)cn1. The zero-order valence-corrected chi connectivity index (χ0v) is 14.9. The second-order valence-electron chi connectivity index (χ2n) is 6.98. The smallest absolute Gasteiger partial charge is 0.224 e. The van der Waals surface area contributed by atoms with Gasteiger partial charge in [0, 0.05) is 36.6 Å². The maximum absolute atomic E-state index is 10.2. The Bertz CT molecular complexity index is 900. The van der Waals surface area contributed by atoms with Gasteiger partial charge in [-0.3, -0.25) is 4.68 Å². The van der Waals surface area contributed by atoms with E-state index in [9.17, 15) is 5.11 Å². The molecule has 26 heavy (non-hydrogen) atoms. The molecule has 1 aliphatic rings. The van der Waals surface area contributed by atoms with Gasteiger partial charge >= 0.3 is 0 Å². The fourth-order valence-corrected chi connectivity index (χ4v) is 3.64. The van der Waals surface area contributed by atoms with Crippen molar-refractivity contribution in [1.82, 2.24) is 24.7 Å². The molecule has 0 aromatic carbocycles. The van der Waals surface area contributed by atoms with Crippen molar-refractivity contribution in [2.45, 2.75) is 57.7 Å². The predicted octanol–water partition coefficient (Wildman–Crippen LogP) is 2.62. The molecule has 0 saturated heterocycles. The molecule has 2 unspecified atom stereocenters. The first-order valence-electron chi connectivity index (χ1n) is 9.28.